The number of amides is 4. The topological polar surface area (TPSA) is 116 Å². The summed E-state index contributed by atoms with van der Waals surface area (Å²) in [5.41, 5.74) is 0. The molecule has 8 heteroatoms. The van der Waals surface area contributed by atoms with Gasteiger partial charge in [-0.25, -0.2) is 4.79 Å². The number of rotatable bonds is 5. The Kier molecular flexibility index (Phi) is 5.69. The Hall–Kier alpha value is -2.12. The molecule has 1 fully saturated rings. The van der Waals surface area contributed by atoms with E-state index in [-0.39, 0.29) is 19.0 Å². The highest BCUT2D eigenvalue weighted by atomic mass is 16.4. The van der Waals surface area contributed by atoms with Crippen LogP contribution in [0.1, 0.15) is 27.2 Å². The van der Waals surface area contributed by atoms with Crippen molar-refractivity contribution in [1.29, 1.82) is 0 Å². The van der Waals surface area contributed by atoms with Crippen molar-refractivity contribution in [3.63, 3.8) is 0 Å². The summed E-state index contributed by atoms with van der Waals surface area (Å²) in [5, 5.41) is 13.7. The van der Waals surface area contributed by atoms with Gasteiger partial charge in [0.25, 0.3) is 0 Å². The molecule has 1 rings (SSSR count). The maximum Gasteiger partial charge on any atom is 0.318 e. The van der Waals surface area contributed by atoms with Gasteiger partial charge in [0.05, 0.1) is 5.92 Å². The van der Waals surface area contributed by atoms with Gasteiger partial charge >= 0.3 is 12.0 Å². The number of urea groups is 1. The standard InChI is InChI=1S/C13H21N3O5/c1-7(2)4-9(12(19)20)5-14-13(21)16-6-10(17)15-11(18)8(16)3/h7-9H,4-6H2,1-3H3,(H,14,21)(H,19,20)(H,15,17,18). The lowest BCUT2D eigenvalue weighted by atomic mass is 9.97. The zero-order valence-corrected chi connectivity index (χ0v) is 12.4. The van der Waals surface area contributed by atoms with Gasteiger partial charge in [-0.15, -0.1) is 0 Å². The Morgan fingerprint density at radius 2 is 2.05 bits per heavy atom. The minimum atomic E-state index is -0.982. The monoisotopic (exact) mass is 299 g/mol. The van der Waals surface area contributed by atoms with E-state index in [4.69, 9.17) is 5.11 Å². The van der Waals surface area contributed by atoms with Gasteiger partial charge in [-0.2, -0.15) is 0 Å². The smallest absolute Gasteiger partial charge is 0.318 e. The van der Waals surface area contributed by atoms with E-state index in [1.807, 2.05) is 13.8 Å². The first-order chi connectivity index (χ1) is 9.72. The second-order valence-electron chi connectivity index (χ2n) is 5.57. The van der Waals surface area contributed by atoms with Crippen LogP contribution in [0, 0.1) is 11.8 Å². The second kappa shape index (κ2) is 7.05. The minimum absolute atomic E-state index is 0.0363. The lowest BCUT2D eigenvalue weighted by molar-refractivity contribution is -0.142. The van der Waals surface area contributed by atoms with Gasteiger partial charge in [0.15, 0.2) is 0 Å². The first-order valence-electron chi connectivity index (χ1n) is 6.83. The number of hydrogen-bond donors (Lipinski definition) is 3. The molecule has 1 aliphatic heterocycles. The Morgan fingerprint density at radius 1 is 1.43 bits per heavy atom. The molecule has 1 heterocycles. The Morgan fingerprint density at radius 3 is 2.57 bits per heavy atom. The number of piperazine rings is 1. The number of nitrogens with zero attached hydrogens (tertiary/aromatic N) is 1. The second-order valence-corrected chi connectivity index (χ2v) is 5.57. The van der Waals surface area contributed by atoms with Gasteiger partial charge in [-0.3, -0.25) is 19.7 Å². The molecular formula is C13H21N3O5. The van der Waals surface area contributed by atoms with Crippen molar-refractivity contribution in [2.75, 3.05) is 13.1 Å². The molecule has 0 spiro atoms. The van der Waals surface area contributed by atoms with Crippen LogP contribution in [0.4, 0.5) is 4.79 Å². The van der Waals surface area contributed by atoms with E-state index in [1.54, 1.807) is 0 Å². The van der Waals surface area contributed by atoms with E-state index in [9.17, 15) is 19.2 Å². The van der Waals surface area contributed by atoms with Gasteiger partial charge in [0, 0.05) is 6.54 Å². The number of carbonyl (C=O) groups is 4. The fourth-order valence-electron chi connectivity index (χ4n) is 2.11. The van der Waals surface area contributed by atoms with Crippen LogP contribution in [-0.4, -0.2) is 53.0 Å². The van der Waals surface area contributed by atoms with Crippen LogP contribution < -0.4 is 10.6 Å². The third kappa shape index (κ3) is 4.73. The zero-order valence-electron chi connectivity index (χ0n) is 12.4. The maximum absolute atomic E-state index is 12.0. The zero-order chi connectivity index (χ0) is 16.2. The van der Waals surface area contributed by atoms with Gasteiger partial charge in [-0.1, -0.05) is 13.8 Å². The number of aliphatic carboxylic acids is 1. The van der Waals surface area contributed by atoms with Crippen LogP contribution in [0.15, 0.2) is 0 Å². The van der Waals surface area contributed by atoms with Crippen molar-refractivity contribution in [2.24, 2.45) is 11.8 Å². The summed E-state index contributed by atoms with van der Waals surface area (Å²) in [6.45, 7) is 5.04. The SMILES string of the molecule is CC(C)CC(CNC(=O)N1CC(=O)NC(=O)C1C)C(=O)O. The molecule has 0 aliphatic carbocycles. The minimum Gasteiger partial charge on any atom is -0.481 e. The fourth-order valence-corrected chi connectivity index (χ4v) is 2.11. The molecule has 3 N–H and O–H groups in total. The summed E-state index contributed by atoms with van der Waals surface area (Å²) in [5.74, 6) is -2.59. The molecule has 21 heavy (non-hydrogen) atoms. The Balaban J connectivity index is 2.61. The molecule has 0 saturated carbocycles. The molecule has 8 nitrogen and oxygen atoms in total. The lowest BCUT2D eigenvalue weighted by Gasteiger charge is -2.32. The van der Waals surface area contributed by atoms with Crippen molar-refractivity contribution >= 4 is 23.8 Å². The molecule has 1 aliphatic rings. The maximum atomic E-state index is 12.0. The van der Waals surface area contributed by atoms with E-state index >= 15 is 0 Å². The summed E-state index contributed by atoms with van der Waals surface area (Å²) >= 11 is 0. The Bertz CT molecular complexity index is 449. The normalized spacial score (nSPS) is 20.2. The predicted octanol–water partition coefficient (Wildman–Crippen LogP) is -0.210. The third-order valence-electron chi connectivity index (χ3n) is 3.29. The van der Waals surface area contributed by atoms with Crippen LogP contribution in [-0.2, 0) is 14.4 Å². The largest absolute Gasteiger partial charge is 0.481 e. The van der Waals surface area contributed by atoms with Crippen LogP contribution in [0.2, 0.25) is 0 Å². The molecule has 0 aromatic heterocycles. The van der Waals surface area contributed by atoms with Crippen LogP contribution in [0.5, 0.6) is 0 Å². The van der Waals surface area contributed by atoms with E-state index < -0.39 is 35.8 Å². The van der Waals surface area contributed by atoms with Gasteiger partial charge in [0.2, 0.25) is 11.8 Å². The lowest BCUT2D eigenvalue weighted by Crippen LogP contribution is -2.60. The van der Waals surface area contributed by atoms with Gasteiger partial charge < -0.3 is 15.3 Å². The van der Waals surface area contributed by atoms with Crippen LogP contribution in [0.25, 0.3) is 0 Å². The molecule has 1 saturated heterocycles. The molecular weight excluding hydrogens is 278 g/mol. The van der Waals surface area contributed by atoms with Gasteiger partial charge in [-0.05, 0) is 19.3 Å². The van der Waals surface area contributed by atoms with Crippen molar-refractivity contribution in [2.45, 2.75) is 33.2 Å². The fraction of sp³-hybridized carbons (Fsp3) is 0.692. The number of nitrogens with one attached hydrogen (secondary N) is 2. The molecule has 0 aromatic rings. The molecule has 0 radical (unpaired) electrons. The molecule has 2 atom stereocenters. The highest BCUT2D eigenvalue weighted by molar-refractivity contribution is 6.03. The summed E-state index contributed by atoms with van der Waals surface area (Å²) in [6.07, 6.45) is 0.435. The molecule has 118 valence electrons. The summed E-state index contributed by atoms with van der Waals surface area (Å²) in [7, 11) is 0. The number of imide groups is 1. The first kappa shape index (κ1) is 16.9. The number of carbonyl (C=O) groups excluding carboxylic acids is 3. The van der Waals surface area contributed by atoms with Crippen molar-refractivity contribution in [3.05, 3.63) is 0 Å². The summed E-state index contributed by atoms with van der Waals surface area (Å²) in [6, 6.07) is -1.38. The number of hydrogen-bond acceptors (Lipinski definition) is 4. The molecule has 0 aromatic carbocycles. The highest BCUT2D eigenvalue weighted by Crippen LogP contribution is 2.12. The van der Waals surface area contributed by atoms with Crippen molar-refractivity contribution < 1.29 is 24.3 Å². The van der Waals surface area contributed by atoms with Gasteiger partial charge in [0.1, 0.15) is 12.6 Å². The molecule has 4 amide bonds. The third-order valence-corrected chi connectivity index (χ3v) is 3.29. The first-order valence-corrected chi connectivity index (χ1v) is 6.83. The van der Waals surface area contributed by atoms with Crippen molar-refractivity contribution in [1.82, 2.24) is 15.5 Å². The van der Waals surface area contributed by atoms with E-state index in [1.165, 1.54) is 6.92 Å². The van der Waals surface area contributed by atoms with E-state index in [0.717, 1.165) is 4.90 Å². The van der Waals surface area contributed by atoms with E-state index in [0.29, 0.717) is 6.42 Å². The predicted molar refractivity (Wildman–Crippen MR) is 73.3 cm³/mol. The summed E-state index contributed by atoms with van der Waals surface area (Å²) < 4.78 is 0. The quantitative estimate of drug-likeness (QED) is 0.607. The summed E-state index contributed by atoms with van der Waals surface area (Å²) in [4.78, 5) is 46.9. The average molecular weight is 299 g/mol. The van der Waals surface area contributed by atoms with E-state index in [2.05, 4.69) is 10.6 Å². The van der Waals surface area contributed by atoms with Crippen LogP contribution in [0.3, 0.4) is 0 Å². The number of carboxylic acid groups (broad SMARTS) is 1. The Labute approximate surface area is 122 Å². The molecule has 2 unspecified atom stereocenters. The number of carboxylic acids is 1. The highest BCUT2D eigenvalue weighted by Gasteiger charge is 2.33. The van der Waals surface area contributed by atoms with Crippen molar-refractivity contribution in [3.8, 4) is 0 Å². The average Bonchev–Trinajstić information content (AvgIpc) is 2.37. The molecule has 0 bridgehead atoms. The van der Waals surface area contributed by atoms with Crippen LogP contribution >= 0.6 is 0 Å².